The second-order valence-electron chi connectivity index (χ2n) is 5.26. The van der Waals surface area contributed by atoms with Crippen LogP contribution in [-0.2, 0) is 14.4 Å². The van der Waals surface area contributed by atoms with Crippen LogP contribution in [0.15, 0.2) is 40.6 Å². The van der Waals surface area contributed by atoms with Crippen molar-refractivity contribution in [2.75, 3.05) is 7.11 Å². The topological polar surface area (TPSA) is 47.6 Å². The molecule has 2 aliphatic rings. The summed E-state index contributed by atoms with van der Waals surface area (Å²) >= 11 is 6.92. The predicted octanol–water partition coefficient (Wildman–Crippen LogP) is 3.38. The van der Waals surface area contributed by atoms with Gasteiger partial charge in [0.2, 0.25) is 5.78 Å². The summed E-state index contributed by atoms with van der Waals surface area (Å²) in [5, 5.41) is 0. The smallest absolute Gasteiger partial charge is 0.207 e. The van der Waals surface area contributed by atoms with Gasteiger partial charge in [0.15, 0.2) is 5.60 Å². The lowest BCUT2D eigenvalue weighted by Crippen LogP contribution is -2.45. The standard InChI is InChI=1S/C15H15Br2NO3/c1-20-13-10(16)7-15(14(19)12(13)17)8-11(18-21-15)9-5-3-2-4-6-9/h2-6,10-11,18H,7-8H2,1H3/t10?,11?,15-/m1/s1. The van der Waals surface area contributed by atoms with Crippen LogP contribution in [0, 0.1) is 0 Å². The van der Waals surface area contributed by atoms with Crippen LogP contribution < -0.4 is 5.48 Å². The molecule has 1 N–H and O–H groups in total. The van der Waals surface area contributed by atoms with Gasteiger partial charge in [0.05, 0.1) is 18.0 Å². The maximum absolute atomic E-state index is 12.7. The van der Waals surface area contributed by atoms with Crippen LogP contribution in [-0.4, -0.2) is 23.3 Å². The van der Waals surface area contributed by atoms with Gasteiger partial charge in [0, 0.05) is 12.8 Å². The van der Waals surface area contributed by atoms with E-state index in [1.54, 1.807) is 7.11 Å². The van der Waals surface area contributed by atoms with E-state index in [4.69, 9.17) is 9.57 Å². The van der Waals surface area contributed by atoms with Gasteiger partial charge in [-0.15, -0.1) is 0 Å². The number of ketones is 1. The summed E-state index contributed by atoms with van der Waals surface area (Å²) in [5.74, 6) is 0.554. The molecule has 1 saturated heterocycles. The van der Waals surface area contributed by atoms with Gasteiger partial charge in [-0.25, -0.2) is 0 Å². The number of alkyl halides is 1. The summed E-state index contributed by atoms with van der Waals surface area (Å²) in [7, 11) is 1.57. The van der Waals surface area contributed by atoms with Crippen molar-refractivity contribution in [2.24, 2.45) is 0 Å². The molecule has 1 aromatic rings. The molecule has 1 spiro atoms. The Bertz CT molecular complexity index is 590. The summed E-state index contributed by atoms with van der Waals surface area (Å²) in [6.45, 7) is 0. The Morgan fingerprint density at radius 2 is 2.05 bits per heavy atom. The Hall–Kier alpha value is -0.690. The minimum absolute atomic E-state index is 0.0132. The zero-order chi connectivity index (χ0) is 15.0. The molecule has 1 aromatic carbocycles. The average molecular weight is 417 g/mol. The normalized spacial score (nSPS) is 32.8. The molecule has 1 fully saturated rings. The third kappa shape index (κ3) is 2.59. The van der Waals surface area contributed by atoms with Crippen molar-refractivity contribution in [2.45, 2.75) is 29.3 Å². The monoisotopic (exact) mass is 415 g/mol. The average Bonchev–Trinajstić information content (AvgIpc) is 2.92. The molecule has 4 nitrogen and oxygen atoms in total. The molecule has 2 unspecified atom stereocenters. The summed E-state index contributed by atoms with van der Waals surface area (Å²) in [6, 6.07) is 10.0. The van der Waals surface area contributed by atoms with Gasteiger partial charge in [0.25, 0.3) is 0 Å². The van der Waals surface area contributed by atoms with E-state index >= 15 is 0 Å². The molecule has 1 heterocycles. The van der Waals surface area contributed by atoms with E-state index in [1.165, 1.54) is 0 Å². The van der Waals surface area contributed by atoms with Gasteiger partial charge < -0.3 is 4.74 Å². The summed E-state index contributed by atoms with van der Waals surface area (Å²) < 4.78 is 5.74. The van der Waals surface area contributed by atoms with Crippen molar-refractivity contribution in [1.82, 2.24) is 5.48 Å². The van der Waals surface area contributed by atoms with Crippen LogP contribution in [0.5, 0.6) is 0 Å². The second-order valence-corrected chi connectivity index (χ2v) is 7.16. The molecule has 0 radical (unpaired) electrons. The highest BCUT2D eigenvalue weighted by molar-refractivity contribution is 9.12. The summed E-state index contributed by atoms with van der Waals surface area (Å²) in [6.07, 6.45) is 1.14. The van der Waals surface area contributed by atoms with Crippen molar-refractivity contribution in [3.8, 4) is 0 Å². The van der Waals surface area contributed by atoms with Crippen LogP contribution in [0.4, 0.5) is 0 Å². The molecule has 1 aliphatic carbocycles. The fraction of sp³-hybridized carbons (Fsp3) is 0.400. The number of carbonyl (C=O) groups is 1. The molecule has 1 aliphatic heterocycles. The van der Waals surface area contributed by atoms with Crippen molar-refractivity contribution >= 4 is 37.6 Å². The molecule has 3 rings (SSSR count). The zero-order valence-electron chi connectivity index (χ0n) is 11.4. The maximum atomic E-state index is 12.7. The highest BCUT2D eigenvalue weighted by Crippen LogP contribution is 2.45. The van der Waals surface area contributed by atoms with Gasteiger partial charge in [-0.3, -0.25) is 9.63 Å². The number of allylic oxidation sites excluding steroid dienone is 1. The molecule has 0 saturated carbocycles. The van der Waals surface area contributed by atoms with E-state index in [2.05, 4.69) is 37.3 Å². The van der Waals surface area contributed by atoms with Gasteiger partial charge in [-0.2, -0.15) is 5.48 Å². The van der Waals surface area contributed by atoms with Crippen molar-refractivity contribution in [1.29, 1.82) is 0 Å². The number of hydrogen-bond acceptors (Lipinski definition) is 4. The van der Waals surface area contributed by atoms with Crippen molar-refractivity contribution in [3.63, 3.8) is 0 Å². The van der Waals surface area contributed by atoms with Crippen molar-refractivity contribution < 1.29 is 14.4 Å². The van der Waals surface area contributed by atoms with Gasteiger partial charge in [0.1, 0.15) is 10.2 Å². The lowest BCUT2D eigenvalue weighted by Gasteiger charge is -2.33. The van der Waals surface area contributed by atoms with Crippen LogP contribution in [0.3, 0.4) is 0 Å². The first-order valence-electron chi connectivity index (χ1n) is 6.68. The SMILES string of the molecule is COC1=C(Br)C(=O)[C@@]2(CC1Br)CC(c1ccccc1)NO2. The number of carbonyl (C=O) groups excluding carboxylic acids is 1. The first kappa shape index (κ1) is 15.2. The number of benzene rings is 1. The van der Waals surface area contributed by atoms with Gasteiger partial charge in [-0.05, 0) is 21.5 Å². The Morgan fingerprint density at radius 1 is 1.33 bits per heavy atom. The summed E-state index contributed by atoms with van der Waals surface area (Å²) in [4.78, 5) is 18.4. The summed E-state index contributed by atoms with van der Waals surface area (Å²) in [5.41, 5.74) is 3.28. The molecular weight excluding hydrogens is 402 g/mol. The van der Waals surface area contributed by atoms with E-state index in [1.807, 2.05) is 30.3 Å². The second kappa shape index (κ2) is 5.83. The number of halogens is 2. The largest absolute Gasteiger partial charge is 0.499 e. The highest BCUT2D eigenvalue weighted by atomic mass is 79.9. The fourth-order valence-corrected chi connectivity index (χ4v) is 4.92. The van der Waals surface area contributed by atoms with Crippen molar-refractivity contribution in [3.05, 3.63) is 46.1 Å². The molecule has 112 valence electrons. The molecule has 3 atom stereocenters. The van der Waals surface area contributed by atoms with Crippen LogP contribution >= 0.6 is 31.9 Å². The van der Waals surface area contributed by atoms with E-state index < -0.39 is 5.60 Å². The number of nitrogens with one attached hydrogen (secondary N) is 1. The minimum Gasteiger partial charge on any atom is -0.499 e. The number of ether oxygens (including phenoxy) is 1. The van der Waals surface area contributed by atoms with Crippen LogP contribution in [0.1, 0.15) is 24.4 Å². The lowest BCUT2D eigenvalue weighted by atomic mass is 9.81. The quantitative estimate of drug-likeness (QED) is 0.750. The van der Waals surface area contributed by atoms with E-state index in [0.29, 0.717) is 23.1 Å². The molecular formula is C15H15Br2NO3. The van der Waals surface area contributed by atoms with E-state index in [9.17, 15) is 4.79 Å². The number of hydrogen-bond donors (Lipinski definition) is 1. The van der Waals surface area contributed by atoms with E-state index in [-0.39, 0.29) is 16.7 Å². The number of methoxy groups -OCH3 is 1. The minimum atomic E-state index is -0.852. The first-order chi connectivity index (χ1) is 10.1. The molecule has 6 heteroatoms. The van der Waals surface area contributed by atoms with Gasteiger partial charge in [-0.1, -0.05) is 46.3 Å². The molecule has 0 amide bonds. The fourth-order valence-electron chi connectivity index (χ4n) is 2.87. The highest BCUT2D eigenvalue weighted by Gasteiger charge is 2.53. The third-order valence-electron chi connectivity index (χ3n) is 3.98. The third-order valence-corrected chi connectivity index (χ3v) is 5.47. The predicted molar refractivity (Wildman–Crippen MR) is 86.1 cm³/mol. The maximum Gasteiger partial charge on any atom is 0.207 e. The Balaban J connectivity index is 1.88. The Labute approximate surface area is 140 Å². The Morgan fingerprint density at radius 3 is 2.71 bits per heavy atom. The van der Waals surface area contributed by atoms with E-state index in [0.717, 1.165) is 5.56 Å². The first-order valence-corrected chi connectivity index (χ1v) is 8.39. The van der Waals surface area contributed by atoms with Gasteiger partial charge >= 0.3 is 0 Å². The lowest BCUT2D eigenvalue weighted by molar-refractivity contribution is -0.142. The number of rotatable bonds is 2. The number of hydroxylamine groups is 1. The molecule has 0 aromatic heterocycles. The number of Topliss-reactive ketones (excluding diaryl/α,β-unsaturated/α-hetero) is 1. The molecule has 0 bridgehead atoms. The Kier molecular flexibility index (Phi) is 4.23. The van der Waals surface area contributed by atoms with Crippen LogP contribution in [0.2, 0.25) is 0 Å². The zero-order valence-corrected chi connectivity index (χ0v) is 14.6. The van der Waals surface area contributed by atoms with Crippen LogP contribution in [0.25, 0.3) is 0 Å². The molecule has 21 heavy (non-hydrogen) atoms.